The molecule has 3 N–H and O–H groups in total. The van der Waals surface area contributed by atoms with Crippen LogP contribution >= 0.6 is 12.2 Å². The summed E-state index contributed by atoms with van der Waals surface area (Å²) >= 11 is 5.23. The van der Waals surface area contributed by atoms with Gasteiger partial charge in [0.25, 0.3) is 0 Å². The number of rotatable bonds is 6. The predicted octanol–water partition coefficient (Wildman–Crippen LogP) is 2.78. The van der Waals surface area contributed by atoms with E-state index in [0.717, 1.165) is 5.56 Å². The summed E-state index contributed by atoms with van der Waals surface area (Å²) < 4.78 is 10.8. The Balaban J connectivity index is 2.38. The molecule has 0 saturated carbocycles. The predicted molar refractivity (Wildman–Crippen MR) is 99.4 cm³/mol. The van der Waals surface area contributed by atoms with Crippen LogP contribution in [0.15, 0.2) is 29.5 Å². The number of carbonyl (C=O) groups excluding carboxylic acids is 1. The van der Waals surface area contributed by atoms with Crippen molar-refractivity contribution in [3.05, 3.63) is 35.0 Å². The summed E-state index contributed by atoms with van der Waals surface area (Å²) in [5, 5.41) is 16.4. The highest BCUT2D eigenvalue weighted by Crippen LogP contribution is 2.34. The Kier molecular flexibility index (Phi) is 6.25. The zero-order valence-corrected chi connectivity index (χ0v) is 15.7. The van der Waals surface area contributed by atoms with Crippen molar-refractivity contribution in [3.63, 3.8) is 0 Å². The van der Waals surface area contributed by atoms with Crippen LogP contribution in [0.2, 0.25) is 0 Å². The van der Waals surface area contributed by atoms with E-state index < -0.39 is 12.0 Å². The Morgan fingerprint density at radius 3 is 2.76 bits per heavy atom. The van der Waals surface area contributed by atoms with Crippen LogP contribution in [0.4, 0.5) is 0 Å². The smallest absolute Gasteiger partial charge is 0.338 e. The van der Waals surface area contributed by atoms with Crippen LogP contribution in [-0.4, -0.2) is 29.4 Å². The van der Waals surface area contributed by atoms with E-state index in [0.29, 0.717) is 35.3 Å². The molecule has 1 aromatic rings. The first-order valence-electron chi connectivity index (χ1n) is 8.24. The summed E-state index contributed by atoms with van der Waals surface area (Å²) in [5.74, 6) is 0.252. The molecule has 0 radical (unpaired) electrons. The number of hydrogen-bond donors (Lipinski definition) is 3. The zero-order chi connectivity index (χ0) is 18.6. The Labute approximate surface area is 153 Å². The molecule has 0 fully saturated rings. The number of phenolic OH excluding ortho intramolecular Hbond substituents is 1. The Hall–Kier alpha value is -2.28. The number of hydrogen-bond acceptors (Lipinski definition) is 5. The van der Waals surface area contributed by atoms with Crippen molar-refractivity contribution >= 4 is 23.3 Å². The summed E-state index contributed by atoms with van der Waals surface area (Å²) in [7, 11) is 0. The lowest BCUT2D eigenvalue weighted by Crippen LogP contribution is -2.45. The van der Waals surface area contributed by atoms with Gasteiger partial charge in [-0.2, -0.15) is 0 Å². The summed E-state index contributed by atoms with van der Waals surface area (Å²) in [6.45, 7) is 8.35. The minimum atomic E-state index is -0.479. The summed E-state index contributed by atoms with van der Waals surface area (Å²) in [6, 6.07) is 4.49. The number of carbonyl (C=O) groups is 1. The molecule has 0 amide bonds. The second kappa shape index (κ2) is 8.20. The van der Waals surface area contributed by atoms with E-state index in [1.54, 1.807) is 25.1 Å². The number of ether oxygens (including phenoxy) is 2. The molecule has 2 rings (SSSR count). The van der Waals surface area contributed by atoms with Crippen LogP contribution in [0, 0.1) is 5.92 Å². The first kappa shape index (κ1) is 19.1. The molecule has 0 bridgehead atoms. The third-order valence-electron chi connectivity index (χ3n) is 3.65. The average Bonchev–Trinajstić information content (AvgIpc) is 2.54. The van der Waals surface area contributed by atoms with E-state index in [9.17, 15) is 9.90 Å². The Bertz CT molecular complexity index is 700. The second-order valence-electron chi connectivity index (χ2n) is 6.22. The fourth-order valence-corrected chi connectivity index (χ4v) is 2.79. The van der Waals surface area contributed by atoms with E-state index in [-0.39, 0.29) is 11.7 Å². The fraction of sp³-hybridized carbons (Fsp3) is 0.444. The first-order chi connectivity index (χ1) is 11.8. The summed E-state index contributed by atoms with van der Waals surface area (Å²) in [5.41, 5.74) is 1.86. The Morgan fingerprint density at radius 1 is 1.40 bits per heavy atom. The molecule has 1 aliphatic rings. The van der Waals surface area contributed by atoms with Crippen LogP contribution in [0.3, 0.4) is 0 Å². The molecule has 136 valence electrons. The van der Waals surface area contributed by atoms with Crippen molar-refractivity contribution in [1.29, 1.82) is 0 Å². The average molecular weight is 364 g/mol. The van der Waals surface area contributed by atoms with Gasteiger partial charge in [0.15, 0.2) is 16.6 Å². The second-order valence-corrected chi connectivity index (χ2v) is 6.63. The number of thiocarbonyl (C=S) groups is 1. The number of benzene rings is 1. The van der Waals surface area contributed by atoms with E-state index >= 15 is 0 Å². The highest BCUT2D eigenvalue weighted by atomic mass is 32.1. The molecule has 0 spiro atoms. The van der Waals surface area contributed by atoms with E-state index in [1.807, 2.05) is 20.8 Å². The monoisotopic (exact) mass is 364 g/mol. The number of aromatic hydroxyl groups is 1. The van der Waals surface area contributed by atoms with Gasteiger partial charge in [0.2, 0.25) is 0 Å². The molecule has 1 aliphatic heterocycles. The van der Waals surface area contributed by atoms with E-state index in [1.165, 1.54) is 0 Å². The van der Waals surface area contributed by atoms with Gasteiger partial charge in [0.1, 0.15) is 0 Å². The van der Waals surface area contributed by atoms with Gasteiger partial charge in [-0.15, -0.1) is 0 Å². The quantitative estimate of drug-likeness (QED) is 0.529. The van der Waals surface area contributed by atoms with Gasteiger partial charge in [-0.3, -0.25) is 0 Å². The van der Waals surface area contributed by atoms with Crippen molar-refractivity contribution in [2.24, 2.45) is 5.92 Å². The molecule has 1 atom stereocenters. The maximum Gasteiger partial charge on any atom is 0.338 e. The molecule has 0 saturated heterocycles. The molecule has 1 heterocycles. The number of phenols is 1. The maximum atomic E-state index is 12.6. The minimum absolute atomic E-state index is 0.0479. The molecule has 0 aliphatic carbocycles. The normalized spacial score (nSPS) is 17.2. The SMILES string of the molecule is CCOc1cc([C@@H]2NC(=S)NC(C)=C2C(=O)OCC(C)C)ccc1O. The standard InChI is InChI=1S/C18H24N2O4S/c1-5-23-14-8-12(6-7-13(14)21)16-15(11(4)19-18(25)20-16)17(22)24-9-10(2)3/h6-8,10,16,21H,5,9H2,1-4H3,(H2,19,20,25)/t16-/m0/s1. The van der Waals surface area contributed by atoms with Crippen molar-refractivity contribution in [2.75, 3.05) is 13.2 Å². The number of esters is 1. The van der Waals surface area contributed by atoms with Crippen molar-refractivity contribution in [3.8, 4) is 11.5 Å². The van der Waals surface area contributed by atoms with Gasteiger partial charge in [-0.1, -0.05) is 19.9 Å². The lowest BCUT2D eigenvalue weighted by atomic mass is 9.95. The highest BCUT2D eigenvalue weighted by Gasteiger charge is 2.31. The molecule has 25 heavy (non-hydrogen) atoms. The van der Waals surface area contributed by atoms with Gasteiger partial charge in [-0.05, 0) is 49.7 Å². The zero-order valence-electron chi connectivity index (χ0n) is 14.9. The van der Waals surface area contributed by atoms with Gasteiger partial charge in [-0.25, -0.2) is 4.79 Å². The van der Waals surface area contributed by atoms with Crippen molar-refractivity contribution in [1.82, 2.24) is 10.6 Å². The molecule has 0 unspecified atom stereocenters. The van der Waals surface area contributed by atoms with Gasteiger partial charge in [0.05, 0.1) is 24.8 Å². The lowest BCUT2D eigenvalue weighted by Gasteiger charge is -2.30. The topological polar surface area (TPSA) is 79.8 Å². The van der Waals surface area contributed by atoms with Crippen molar-refractivity contribution in [2.45, 2.75) is 33.7 Å². The van der Waals surface area contributed by atoms with Crippen molar-refractivity contribution < 1.29 is 19.4 Å². The molecular formula is C18H24N2O4S. The van der Waals surface area contributed by atoms with Crippen LogP contribution < -0.4 is 15.4 Å². The third-order valence-corrected chi connectivity index (χ3v) is 3.87. The molecular weight excluding hydrogens is 340 g/mol. The van der Waals surface area contributed by atoms with E-state index in [4.69, 9.17) is 21.7 Å². The Morgan fingerprint density at radius 2 is 2.12 bits per heavy atom. The van der Waals surface area contributed by atoms with Crippen LogP contribution in [-0.2, 0) is 9.53 Å². The largest absolute Gasteiger partial charge is 0.504 e. The van der Waals surface area contributed by atoms with E-state index in [2.05, 4.69) is 10.6 Å². The summed E-state index contributed by atoms with van der Waals surface area (Å²) in [6.07, 6.45) is 0. The van der Waals surface area contributed by atoms with Gasteiger partial charge in [0, 0.05) is 5.70 Å². The minimum Gasteiger partial charge on any atom is -0.504 e. The van der Waals surface area contributed by atoms with Crippen LogP contribution in [0.5, 0.6) is 11.5 Å². The number of allylic oxidation sites excluding steroid dienone is 1. The third kappa shape index (κ3) is 4.63. The first-order valence-corrected chi connectivity index (χ1v) is 8.65. The summed E-state index contributed by atoms with van der Waals surface area (Å²) in [4.78, 5) is 12.6. The highest BCUT2D eigenvalue weighted by molar-refractivity contribution is 7.80. The molecule has 0 aromatic heterocycles. The van der Waals surface area contributed by atoms with Crippen LogP contribution in [0.25, 0.3) is 0 Å². The lowest BCUT2D eigenvalue weighted by molar-refractivity contribution is -0.140. The van der Waals surface area contributed by atoms with Crippen LogP contribution in [0.1, 0.15) is 39.3 Å². The molecule has 6 nitrogen and oxygen atoms in total. The van der Waals surface area contributed by atoms with Gasteiger partial charge < -0.3 is 25.2 Å². The molecule has 1 aromatic carbocycles. The maximum absolute atomic E-state index is 12.6. The van der Waals surface area contributed by atoms with Gasteiger partial charge >= 0.3 is 5.97 Å². The molecule has 7 heteroatoms. The fourth-order valence-electron chi connectivity index (χ4n) is 2.52. The number of nitrogens with one attached hydrogen (secondary N) is 2.